The van der Waals surface area contributed by atoms with E-state index in [4.69, 9.17) is 5.11 Å². The highest BCUT2D eigenvalue weighted by atomic mass is 19.3. The third kappa shape index (κ3) is 7.32. The lowest BCUT2D eigenvalue weighted by Crippen LogP contribution is -2.50. The maximum Gasteiger partial charge on any atom is 0.326 e. The Morgan fingerprint density at radius 1 is 1.29 bits per heavy atom. The van der Waals surface area contributed by atoms with Gasteiger partial charge in [0.25, 0.3) is 0 Å². The molecule has 0 saturated carbocycles. The minimum absolute atomic E-state index is 0.332. The lowest BCUT2D eigenvalue weighted by molar-refractivity contribution is -0.142. The Balaban J connectivity index is 4.36. The number of nitrogens with one attached hydrogen (secondary N) is 2. The van der Waals surface area contributed by atoms with Gasteiger partial charge >= 0.3 is 30.3 Å². The number of halogens is 4. The summed E-state index contributed by atoms with van der Waals surface area (Å²) in [6, 6.07) is -2.92. The number of carbonyl (C=O) groups is 3. The number of esters is 1. The number of methoxy groups -OCH3 is 1. The molecular weight excluding hydrogens is 304 g/mol. The number of urea groups is 1. The van der Waals surface area contributed by atoms with Crippen LogP contribution in [0.5, 0.6) is 0 Å². The van der Waals surface area contributed by atoms with Crippen LogP contribution in [0.15, 0.2) is 0 Å². The minimum Gasteiger partial charge on any atom is -0.480 e. The number of carbonyl (C=O) groups excluding carboxylic acids is 2. The Kier molecular flexibility index (Phi) is 7.45. The Morgan fingerprint density at radius 2 is 1.86 bits per heavy atom. The normalized spacial score (nSPS) is 12.7. The molecule has 0 spiro atoms. The number of alkyl halides is 4. The molecule has 7 nitrogen and oxygen atoms in total. The fourth-order valence-electron chi connectivity index (χ4n) is 1.11. The summed E-state index contributed by atoms with van der Waals surface area (Å²) in [5, 5.41) is 12.0. The molecule has 21 heavy (non-hydrogen) atoms. The number of hydrogen-bond donors (Lipinski definition) is 3. The third-order valence-corrected chi connectivity index (χ3v) is 2.27. The molecule has 0 bridgehead atoms. The largest absolute Gasteiger partial charge is 0.480 e. The van der Waals surface area contributed by atoms with Gasteiger partial charge in [-0.3, -0.25) is 4.79 Å². The molecule has 0 radical (unpaired) electrons. The van der Waals surface area contributed by atoms with Crippen molar-refractivity contribution in [2.45, 2.75) is 31.2 Å². The van der Waals surface area contributed by atoms with Gasteiger partial charge in [-0.15, -0.1) is 0 Å². The zero-order chi connectivity index (χ0) is 16.6. The van der Waals surface area contributed by atoms with E-state index in [1.165, 1.54) is 5.32 Å². The van der Waals surface area contributed by atoms with E-state index in [1.807, 2.05) is 0 Å². The average Bonchev–Trinajstić information content (AvgIpc) is 2.40. The molecule has 3 N–H and O–H groups in total. The summed E-state index contributed by atoms with van der Waals surface area (Å²) in [5.41, 5.74) is 0. The Bertz CT molecular complexity index is 392. The summed E-state index contributed by atoms with van der Waals surface area (Å²) in [4.78, 5) is 32.8. The van der Waals surface area contributed by atoms with Crippen LogP contribution in [-0.4, -0.2) is 55.1 Å². The van der Waals surface area contributed by atoms with Crippen molar-refractivity contribution in [2.24, 2.45) is 0 Å². The van der Waals surface area contributed by atoms with Crippen LogP contribution in [0.25, 0.3) is 0 Å². The average molecular weight is 318 g/mol. The lowest BCUT2D eigenvalue weighted by atomic mass is 10.1. The molecule has 2 amide bonds. The molecular formula is C10H14F4N2O5. The second-order valence-corrected chi connectivity index (χ2v) is 3.89. The number of amides is 2. The van der Waals surface area contributed by atoms with Crippen molar-refractivity contribution >= 4 is 18.0 Å². The number of carboxylic acid groups (broad SMARTS) is 1. The summed E-state index contributed by atoms with van der Waals surface area (Å²) in [6.07, 6.45) is -4.64. The van der Waals surface area contributed by atoms with E-state index in [0.717, 1.165) is 7.11 Å². The topological polar surface area (TPSA) is 105 Å². The number of ether oxygens (including phenoxy) is 1. The predicted octanol–water partition coefficient (Wildman–Crippen LogP) is 0.592. The first-order valence-corrected chi connectivity index (χ1v) is 5.60. The molecule has 0 aromatic rings. The molecule has 0 aromatic carbocycles. The summed E-state index contributed by atoms with van der Waals surface area (Å²) in [6.45, 7) is -1.65. The van der Waals surface area contributed by atoms with E-state index in [0.29, 0.717) is 0 Å². The standard InChI is InChI=1S/C10H14F4N2O5/c1-21-6(17)3-2-5(7(18)19)16-9(20)15-4-10(13,14)8(11)12/h5,8H,2-4H2,1H3,(H,18,19)(H2,15,16,20)/t5-/m1/s1. The highest BCUT2D eigenvalue weighted by Gasteiger charge is 2.41. The van der Waals surface area contributed by atoms with Crippen molar-refractivity contribution in [3.63, 3.8) is 0 Å². The molecule has 0 saturated heterocycles. The molecule has 122 valence electrons. The number of carboxylic acids is 1. The van der Waals surface area contributed by atoms with Gasteiger partial charge in [0.1, 0.15) is 6.04 Å². The minimum atomic E-state index is -4.43. The summed E-state index contributed by atoms with van der Waals surface area (Å²) >= 11 is 0. The second-order valence-electron chi connectivity index (χ2n) is 3.89. The van der Waals surface area contributed by atoms with Crippen LogP contribution in [0, 0.1) is 0 Å². The Morgan fingerprint density at radius 3 is 2.29 bits per heavy atom. The maximum atomic E-state index is 12.5. The van der Waals surface area contributed by atoms with Gasteiger partial charge in [-0.25, -0.2) is 18.4 Å². The maximum absolute atomic E-state index is 12.5. The first-order chi connectivity index (χ1) is 9.60. The first-order valence-electron chi connectivity index (χ1n) is 5.60. The fraction of sp³-hybridized carbons (Fsp3) is 0.700. The zero-order valence-electron chi connectivity index (χ0n) is 10.9. The molecule has 11 heteroatoms. The lowest BCUT2D eigenvalue weighted by Gasteiger charge is -2.18. The third-order valence-electron chi connectivity index (χ3n) is 2.27. The van der Waals surface area contributed by atoms with Crippen LogP contribution >= 0.6 is 0 Å². The SMILES string of the molecule is COC(=O)CC[C@@H](NC(=O)NCC(F)(F)C(F)F)C(=O)O. The van der Waals surface area contributed by atoms with Crippen LogP contribution in [0.2, 0.25) is 0 Å². The molecule has 0 unspecified atom stereocenters. The van der Waals surface area contributed by atoms with E-state index in [-0.39, 0.29) is 12.8 Å². The van der Waals surface area contributed by atoms with Crippen molar-refractivity contribution < 1.29 is 41.8 Å². The van der Waals surface area contributed by atoms with E-state index in [1.54, 1.807) is 5.32 Å². The summed E-state index contributed by atoms with van der Waals surface area (Å²) in [5.74, 6) is -6.68. The van der Waals surface area contributed by atoms with Crippen molar-refractivity contribution in [1.82, 2.24) is 10.6 Å². The number of aliphatic carboxylic acids is 1. The van der Waals surface area contributed by atoms with E-state index in [9.17, 15) is 31.9 Å². The van der Waals surface area contributed by atoms with Crippen LogP contribution in [-0.2, 0) is 14.3 Å². The van der Waals surface area contributed by atoms with E-state index < -0.39 is 42.9 Å². The van der Waals surface area contributed by atoms with Gasteiger partial charge in [0.2, 0.25) is 0 Å². The summed E-state index contributed by atoms with van der Waals surface area (Å²) < 4.78 is 53.0. The molecule has 0 aliphatic heterocycles. The molecule has 0 aromatic heterocycles. The fourth-order valence-corrected chi connectivity index (χ4v) is 1.11. The van der Waals surface area contributed by atoms with Crippen molar-refractivity contribution in [2.75, 3.05) is 13.7 Å². The van der Waals surface area contributed by atoms with Gasteiger partial charge in [-0.1, -0.05) is 0 Å². The Labute approximate surface area is 116 Å². The van der Waals surface area contributed by atoms with Crippen LogP contribution in [0.4, 0.5) is 22.4 Å². The van der Waals surface area contributed by atoms with Gasteiger partial charge in [-0.05, 0) is 6.42 Å². The summed E-state index contributed by atoms with van der Waals surface area (Å²) in [7, 11) is 1.07. The number of hydrogen-bond acceptors (Lipinski definition) is 4. The van der Waals surface area contributed by atoms with E-state index >= 15 is 0 Å². The second kappa shape index (κ2) is 8.27. The van der Waals surface area contributed by atoms with Gasteiger partial charge in [-0.2, -0.15) is 8.78 Å². The highest BCUT2D eigenvalue weighted by Crippen LogP contribution is 2.21. The van der Waals surface area contributed by atoms with Gasteiger partial charge in [0.15, 0.2) is 0 Å². The molecule has 0 heterocycles. The van der Waals surface area contributed by atoms with Crippen LogP contribution < -0.4 is 10.6 Å². The van der Waals surface area contributed by atoms with Crippen LogP contribution in [0.3, 0.4) is 0 Å². The molecule has 1 atom stereocenters. The molecule has 0 fully saturated rings. The van der Waals surface area contributed by atoms with Gasteiger partial charge in [0, 0.05) is 6.42 Å². The quantitative estimate of drug-likeness (QED) is 0.449. The van der Waals surface area contributed by atoms with E-state index in [2.05, 4.69) is 4.74 Å². The number of rotatable bonds is 8. The monoisotopic (exact) mass is 318 g/mol. The van der Waals surface area contributed by atoms with Crippen molar-refractivity contribution in [1.29, 1.82) is 0 Å². The highest BCUT2D eigenvalue weighted by molar-refractivity contribution is 5.83. The van der Waals surface area contributed by atoms with Gasteiger partial charge < -0.3 is 20.5 Å². The molecule has 0 aliphatic carbocycles. The van der Waals surface area contributed by atoms with Crippen molar-refractivity contribution in [3.8, 4) is 0 Å². The molecule has 0 aliphatic rings. The zero-order valence-corrected chi connectivity index (χ0v) is 10.9. The predicted molar refractivity (Wildman–Crippen MR) is 60.2 cm³/mol. The van der Waals surface area contributed by atoms with Crippen LogP contribution in [0.1, 0.15) is 12.8 Å². The molecule has 0 rings (SSSR count). The smallest absolute Gasteiger partial charge is 0.326 e. The van der Waals surface area contributed by atoms with Crippen molar-refractivity contribution in [3.05, 3.63) is 0 Å². The Hall–Kier alpha value is -2.07. The van der Waals surface area contributed by atoms with Gasteiger partial charge in [0.05, 0.1) is 13.7 Å². The first kappa shape index (κ1) is 18.9.